The highest BCUT2D eigenvalue weighted by Crippen LogP contribution is 2.32. The van der Waals surface area contributed by atoms with Crippen LogP contribution in [0.25, 0.3) is 22.2 Å². The largest absolute Gasteiger partial charge is 0.497 e. The quantitative estimate of drug-likeness (QED) is 0.419. The maximum atomic E-state index is 12.6. The zero-order valence-corrected chi connectivity index (χ0v) is 17.2. The van der Waals surface area contributed by atoms with E-state index in [9.17, 15) is 9.59 Å². The van der Waals surface area contributed by atoms with Crippen LogP contribution in [0, 0.1) is 0 Å². The summed E-state index contributed by atoms with van der Waals surface area (Å²) in [5.41, 5.74) is 0.762. The van der Waals surface area contributed by atoms with Crippen molar-refractivity contribution in [2.45, 2.75) is 0 Å². The number of nitrogens with zero attached hydrogens (tertiary/aromatic N) is 1. The first-order valence-electron chi connectivity index (χ1n) is 8.29. The van der Waals surface area contributed by atoms with Crippen LogP contribution in [0.3, 0.4) is 0 Å². The van der Waals surface area contributed by atoms with Crippen LogP contribution in [0.1, 0.15) is 10.4 Å². The Kier molecular flexibility index (Phi) is 5.27. The molecule has 0 saturated heterocycles. The lowest BCUT2D eigenvalue weighted by Gasteiger charge is -2.04. The first-order chi connectivity index (χ1) is 13.9. The van der Waals surface area contributed by atoms with Crippen molar-refractivity contribution < 1.29 is 13.9 Å². The van der Waals surface area contributed by atoms with Gasteiger partial charge in [-0.15, -0.1) is 11.3 Å². The van der Waals surface area contributed by atoms with Gasteiger partial charge in [0.15, 0.2) is 5.13 Å². The summed E-state index contributed by atoms with van der Waals surface area (Å²) in [5, 5.41) is 6.23. The van der Waals surface area contributed by atoms with Crippen LogP contribution < -0.4 is 15.7 Å². The Hall–Kier alpha value is -2.87. The number of rotatable bonds is 4. The van der Waals surface area contributed by atoms with Gasteiger partial charge in [-0.1, -0.05) is 23.2 Å². The van der Waals surface area contributed by atoms with Crippen molar-refractivity contribution in [3.8, 4) is 17.0 Å². The molecule has 146 valence electrons. The van der Waals surface area contributed by atoms with E-state index in [-0.39, 0.29) is 5.56 Å². The lowest BCUT2D eigenvalue weighted by molar-refractivity contribution is 0.102. The second-order valence-electron chi connectivity index (χ2n) is 5.97. The molecule has 0 radical (unpaired) electrons. The minimum Gasteiger partial charge on any atom is -0.497 e. The highest BCUT2D eigenvalue weighted by atomic mass is 35.5. The maximum absolute atomic E-state index is 12.6. The van der Waals surface area contributed by atoms with Gasteiger partial charge < -0.3 is 9.15 Å². The molecule has 6 nitrogen and oxygen atoms in total. The van der Waals surface area contributed by atoms with Crippen molar-refractivity contribution in [2.75, 3.05) is 12.4 Å². The van der Waals surface area contributed by atoms with Crippen LogP contribution in [0.5, 0.6) is 5.75 Å². The topological polar surface area (TPSA) is 81.4 Å². The number of ether oxygens (including phenoxy) is 1. The third kappa shape index (κ3) is 3.98. The Bertz CT molecular complexity index is 1300. The number of anilines is 1. The van der Waals surface area contributed by atoms with Gasteiger partial charge in [-0.25, -0.2) is 9.78 Å². The summed E-state index contributed by atoms with van der Waals surface area (Å²) in [7, 11) is 1.53. The maximum Gasteiger partial charge on any atom is 0.349 e. The van der Waals surface area contributed by atoms with Gasteiger partial charge in [0.1, 0.15) is 16.9 Å². The smallest absolute Gasteiger partial charge is 0.349 e. The van der Waals surface area contributed by atoms with Crippen molar-refractivity contribution in [1.82, 2.24) is 4.98 Å². The van der Waals surface area contributed by atoms with Crippen LogP contribution in [0.15, 0.2) is 57.1 Å². The lowest BCUT2D eigenvalue weighted by atomic mass is 10.1. The highest BCUT2D eigenvalue weighted by molar-refractivity contribution is 7.14. The lowest BCUT2D eigenvalue weighted by Crippen LogP contribution is -2.20. The molecule has 0 atom stereocenters. The van der Waals surface area contributed by atoms with Crippen molar-refractivity contribution in [3.63, 3.8) is 0 Å². The molecular weight excluding hydrogens is 435 g/mol. The van der Waals surface area contributed by atoms with E-state index in [1.807, 2.05) is 0 Å². The molecular formula is C20H12Cl2N2O4S. The van der Waals surface area contributed by atoms with Crippen molar-refractivity contribution in [1.29, 1.82) is 0 Å². The fourth-order valence-electron chi connectivity index (χ4n) is 2.70. The number of carbonyl (C=O) groups excluding carboxylic acids is 1. The zero-order chi connectivity index (χ0) is 20.5. The third-order valence-corrected chi connectivity index (χ3v) is 5.42. The molecule has 0 aliphatic heterocycles. The summed E-state index contributed by atoms with van der Waals surface area (Å²) in [6.45, 7) is 0. The Morgan fingerprint density at radius 2 is 2.00 bits per heavy atom. The molecule has 1 N–H and O–H groups in total. The molecule has 0 spiro atoms. The van der Waals surface area contributed by atoms with Crippen LogP contribution >= 0.6 is 34.5 Å². The minimum absolute atomic E-state index is 0.132. The molecule has 29 heavy (non-hydrogen) atoms. The number of nitrogens with one attached hydrogen (secondary N) is 1. The predicted molar refractivity (Wildman–Crippen MR) is 115 cm³/mol. The molecule has 0 aliphatic rings. The average molecular weight is 447 g/mol. The second kappa shape index (κ2) is 7.87. The number of methoxy groups -OCH3 is 1. The number of halogens is 2. The SMILES string of the molecule is COc1ccc2oc(=O)c(C(=O)Nc3nc(-c4ccc(Cl)cc4Cl)cs3)cc2c1. The second-order valence-corrected chi connectivity index (χ2v) is 7.67. The minimum atomic E-state index is -0.738. The molecule has 1 amide bonds. The van der Waals surface area contributed by atoms with Gasteiger partial charge in [0.05, 0.1) is 17.8 Å². The van der Waals surface area contributed by atoms with Crippen molar-refractivity contribution in [2.24, 2.45) is 0 Å². The number of aromatic nitrogens is 1. The zero-order valence-electron chi connectivity index (χ0n) is 14.9. The van der Waals surface area contributed by atoms with E-state index in [0.717, 1.165) is 0 Å². The molecule has 0 fully saturated rings. The molecule has 4 rings (SSSR count). The summed E-state index contributed by atoms with van der Waals surface area (Å²) >= 11 is 13.3. The van der Waals surface area contributed by atoms with Crippen LogP contribution in [-0.4, -0.2) is 18.0 Å². The average Bonchev–Trinajstić information content (AvgIpc) is 3.15. The van der Waals surface area contributed by atoms with E-state index >= 15 is 0 Å². The number of amides is 1. The first-order valence-corrected chi connectivity index (χ1v) is 9.92. The molecule has 0 bridgehead atoms. The Morgan fingerprint density at radius 1 is 1.17 bits per heavy atom. The van der Waals surface area contributed by atoms with Crippen LogP contribution in [0.2, 0.25) is 10.0 Å². The van der Waals surface area contributed by atoms with E-state index in [1.165, 1.54) is 24.5 Å². The fraction of sp³-hybridized carbons (Fsp3) is 0.0500. The number of benzene rings is 2. The number of hydrogen-bond acceptors (Lipinski definition) is 6. The van der Waals surface area contributed by atoms with Gasteiger partial charge in [-0.3, -0.25) is 10.1 Å². The Balaban J connectivity index is 1.62. The summed E-state index contributed by atoms with van der Waals surface area (Å²) in [6, 6.07) is 11.5. The Labute approximate surface area is 178 Å². The number of thiazole rings is 1. The number of fused-ring (bicyclic) bond motifs is 1. The molecule has 2 heterocycles. The van der Waals surface area contributed by atoms with Crippen molar-refractivity contribution in [3.05, 3.63) is 73.9 Å². The highest BCUT2D eigenvalue weighted by Gasteiger charge is 2.17. The van der Waals surface area contributed by atoms with Gasteiger partial charge in [0.2, 0.25) is 0 Å². The summed E-state index contributed by atoms with van der Waals surface area (Å²) in [6.07, 6.45) is 0. The van der Waals surface area contributed by atoms with Gasteiger partial charge >= 0.3 is 5.63 Å². The van der Waals surface area contributed by atoms with Crippen LogP contribution in [0.4, 0.5) is 5.13 Å². The standard InChI is InChI=1S/C20H12Cl2N2O4S/c1-27-12-3-5-17-10(6-12)7-14(19(26)28-17)18(25)24-20-23-16(9-29-20)13-4-2-11(21)8-15(13)22/h2-9H,1H3,(H,23,24,25). The van der Waals surface area contributed by atoms with E-state index in [2.05, 4.69) is 10.3 Å². The van der Waals surface area contributed by atoms with E-state index in [1.54, 1.807) is 41.8 Å². The number of hydrogen-bond donors (Lipinski definition) is 1. The predicted octanol–water partition coefficient (Wildman–Crippen LogP) is 5.48. The third-order valence-electron chi connectivity index (χ3n) is 4.12. The van der Waals surface area contributed by atoms with Gasteiger partial charge in [0, 0.05) is 21.4 Å². The number of carbonyl (C=O) groups is 1. The molecule has 0 aliphatic carbocycles. The molecule has 4 aromatic rings. The van der Waals surface area contributed by atoms with Gasteiger partial charge in [-0.05, 0) is 42.5 Å². The normalized spacial score (nSPS) is 10.9. The van der Waals surface area contributed by atoms with E-state index < -0.39 is 11.5 Å². The molecule has 0 saturated carbocycles. The molecule has 9 heteroatoms. The van der Waals surface area contributed by atoms with Crippen molar-refractivity contribution >= 4 is 56.5 Å². The van der Waals surface area contributed by atoms with Crippen LogP contribution in [-0.2, 0) is 0 Å². The molecule has 0 unspecified atom stereocenters. The molecule has 2 aromatic heterocycles. The summed E-state index contributed by atoms with van der Waals surface area (Å²) < 4.78 is 10.4. The van der Waals surface area contributed by atoms with E-state index in [0.29, 0.717) is 43.2 Å². The first kappa shape index (κ1) is 19.4. The van der Waals surface area contributed by atoms with E-state index in [4.69, 9.17) is 32.4 Å². The fourth-order valence-corrected chi connectivity index (χ4v) is 3.91. The monoisotopic (exact) mass is 446 g/mol. The van der Waals surface area contributed by atoms with Gasteiger partial charge in [0.25, 0.3) is 5.91 Å². The summed E-state index contributed by atoms with van der Waals surface area (Å²) in [4.78, 5) is 29.2. The summed E-state index contributed by atoms with van der Waals surface area (Å²) in [5.74, 6) is -0.0336. The van der Waals surface area contributed by atoms with Gasteiger partial charge in [-0.2, -0.15) is 0 Å². The molecule has 2 aromatic carbocycles. The Morgan fingerprint density at radius 3 is 2.76 bits per heavy atom.